The Balaban J connectivity index is 2.06. The van der Waals surface area contributed by atoms with Crippen molar-refractivity contribution < 1.29 is 44.8 Å². The van der Waals surface area contributed by atoms with Crippen molar-refractivity contribution in [2.75, 3.05) is 5.73 Å². The number of benzene rings is 1. The van der Waals surface area contributed by atoms with Crippen LogP contribution in [-0.2, 0) is 20.0 Å². The number of hydrogen-bond donors (Lipinski definition) is 7. The first-order chi connectivity index (χ1) is 15.2. The molecule has 3 aliphatic carbocycles. The van der Waals surface area contributed by atoms with Gasteiger partial charge in [0.2, 0.25) is 11.5 Å². The summed E-state index contributed by atoms with van der Waals surface area (Å²) in [6.07, 6.45) is -0.911. The molecular formula is C20H19N3O10. The molecule has 0 unspecified atom stereocenters. The topological polar surface area (TPSA) is 248 Å². The van der Waals surface area contributed by atoms with E-state index >= 15 is 0 Å². The summed E-state index contributed by atoms with van der Waals surface area (Å²) < 4.78 is 0. The van der Waals surface area contributed by atoms with E-state index in [0.29, 0.717) is 0 Å². The molecule has 33 heavy (non-hydrogen) atoms. The highest BCUT2D eigenvalue weighted by molar-refractivity contribution is 6.22. The minimum Gasteiger partial charge on any atom is -0.508 e. The molecule has 13 heteroatoms. The zero-order valence-electron chi connectivity index (χ0n) is 17.0. The fourth-order valence-corrected chi connectivity index (χ4v) is 5.24. The van der Waals surface area contributed by atoms with Crippen LogP contribution in [0.3, 0.4) is 0 Å². The fourth-order valence-electron chi connectivity index (χ4n) is 5.24. The van der Waals surface area contributed by atoms with Crippen molar-refractivity contribution in [2.24, 2.45) is 17.6 Å². The number of nitro groups is 1. The highest BCUT2D eigenvalue weighted by atomic mass is 16.6. The second-order valence-electron chi connectivity index (χ2n) is 8.55. The van der Waals surface area contributed by atoms with Crippen molar-refractivity contribution >= 4 is 34.6 Å². The number of hydrogen-bond acceptors (Lipinski definition) is 11. The molecule has 0 spiro atoms. The summed E-state index contributed by atoms with van der Waals surface area (Å²) in [5.41, 5.74) is 2.22. The Morgan fingerprint density at radius 1 is 1.24 bits per heavy atom. The summed E-state index contributed by atoms with van der Waals surface area (Å²) in [5, 5.41) is 65.7. The largest absolute Gasteiger partial charge is 0.508 e. The lowest BCUT2D eigenvalue weighted by Gasteiger charge is -2.50. The second-order valence-corrected chi connectivity index (χ2v) is 8.55. The predicted octanol–water partition coefficient (Wildman–Crippen LogP) is -0.421. The molecule has 0 aliphatic heterocycles. The van der Waals surface area contributed by atoms with Gasteiger partial charge in [0.05, 0.1) is 16.1 Å². The molecule has 0 saturated heterocycles. The average Bonchev–Trinajstić information content (AvgIpc) is 2.69. The van der Waals surface area contributed by atoms with Crippen LogP contribution >= 0.6 is 0 Å². The number of aromatic hydroxyl groups is 1. The van der Waals surface area contributed by atoms with Gasteiger partial charge in [-0.15, -0.1) is 0 Å². The quantitative estimate of drug-likeness (QED) is 0.0979. The van der Waals surface area contributed by atoms with Gasteiger partial charge in [0.15, 0.2) is 11.4 Å². The maximum Gasteiger partial charge on any atom is 0.313 e. The molecule has 1 aromatic rings. The van der Waals surface area contributed by atoms with Crippen molar-refractivity contribution in [3.63, 3.8) is 0 Å². The number of amides is 1. The fraction of sp³-hybridized carbons (Fsp3) is 0.350. The molecule has 0 bridgehead atoms. The van der Waals surface area contributed by atoms with E-state index in [1.807, 2.05) is 0 Å². The summed E-state index contributed by atoms with van der Waals surface area (Å²) in [5.74, 6) is -9.61. The molecule has 3 aliphatic rings. The SMILES string of the molecule is C[C@@]1(O)c2c(N)cc([N+](=O)[O-])c(O)c2C(O)=C2C(=O)[C@]3(O)C(O)=C(C(N)=O)C(=O)C[C@@H]3C[C@@H]21. The van der Waals surface area contributed by atoms with Crippen molar-refractivity contribution in [3.05, 3.63) is 44.2 Å². The normalized spacial score (nSPS) is 31.1. The van der Waals surface area contributed by atoms with Gasteiger partial charge in [-0.3, -0.25) is 24.5 Å². The summed E-state index contributed by atoms with van der Waals surface area (Å²) in [6.45, 7) is 1.19. The van der Waals surface area contributed by atoms with E-state index in [1.165, 1.54) is 6.92 Å². The van der Waals surface area contributed by atoms with E-state index in [4.69, 9.17) is 11.5 Å². The molecule has 1 fully saturated rings. The Kier molecular flexibility index (Phi) is 4.39. The van der Waals surface area contributed by atoms with Crippen LogP contribution < -0.4 is 11.5 Å². The zero-order valence-corrected chi connectivity index (χ0v) is 17.0. The van der Waals surface area contributed by atoms with Crippen LogP contribution in [0.1, 0.15) is 30.9 Å². The number of rotatable bonds is 2. The van der Waals surface area contributed by atoms with Crippen molar-refractivity contribution in [2.45, 2.75) is 31.0 Å². The molecule has 0 heterocycles. The van der Waals surface area contributed by atoms with Gasteiger partial charge < -0.3 is 37.0 Å². The van der Waals surface area contributed by atoms with Crippen LogP contribution in [0.4, 0.5) is 11.4 Å². The molecule has 4 rings (SSSR count). The van der Waals surface area contributed by atoms with E-state index in [-0.39, 0.29) is 17.7 Å². The Bertz CT molecular complexity index is 1260. The number of aliphatic hydroxyl groups excluding tert-OH is 2. The van der Waals surface area contributed by atoms with Gasteiger partial charge >= 0.3 is 5.69 Å². The Morgan fingerprint density at radius 2 is 1.85 bits per heavy atom. The molecule has 9 N–H and O–H groups in total. The monoisotopic (exact) mass is 461 g/mol. The summed E-state index contributed by atoms with van der Waals surface area (Å²) in [6, 6.07) is 0.791. The molecular weight excluding hydrogens is 442 g/mol. The number of carbonyl (C=O) groups excluding carboxylic acids is 3. The maximum atomic E-state index is 13.4. The van der Waals surface area contributed by atoms with Gasteiger partial charge in [-0.05, 0) is 13.3 Å². The van der Waals surface area contributed by atoms with Crippen molar-refractivity contribution in [1.82, 2.24) is 0 Å². The molecule has 4 atom stereocenters. The molecule has 1 aromatic carbocycles. The lowest BCUT2D eigenvalue weighted by Crippen LogP contribution is -2.60. The third-order valence-corrected chi connectivity index (χ3v) is 6.79. The van der Waals surface area contributed by atoms with E-state index in [2.05, 4.69) is 0 Å². The molecule has 1 amide bonds. The Morgan fingerprint density at radius 3 is 2.39 bits per heavy atom. The molecule has 1 saturated carbocycles. The first-order valence-corrected chi connectivity index (χ1v) is 9.67. The Labute approximate surface area is 184 Å². The van der Waals surface area contributed by atoms with Gasteiger partial charge in [0.25, 0.3) is 5.91 Å². The number of nitrogens with zero attached hydrogens (tertiary/aromatic N) is 1. The van der Waals surface area contributed by atoms with Gasteiger partial charge in [0, 0.05) is 41.1 Å². The standard InChI is InChI=1S/C20H19N3O10/c1-19(30)6-2-5-3-9(24)11(18(22)29)17(28)20(5,31)16(27)10(6)15(26)12-13(19)7(21)4-8(14(12)25)23(32)33/h4-6,25-26,28,30-31H,2-3,21H2,1H3,(H2,22,29)/t5-,6-,19-,20-/m0/s1. The number of primary amides is 1. The first kappa shape index (κ1) is 22.2. The molecule has 174 valence electrons. The first-order valence-electron chi connectivity index (χ1n) is 9.67. The van der Waals surface area contributed by atoms with Crippen LogP contribution in [0.15, 0.2) is 23.0 Å². The average molecular weight is 461 g/mol. The number of Topliss-reactive ketones (excluding diaryl/α,β-unsaturated/α-hetero) is 2. The van der Waals surface area contributed by atoms with Gasteiger partial charge in [0.1, 0.15) is 17.1 Å². The van der Waals surface area contributed by atoms with Gasteiger partial charge in [-0.25, -0.2) is 0 Å². The number of aliphatic hydroxyl groups is 4. The van der Waals surface area contributed by atoms with Crippen LogP contribution in [-0.4, -0.2) is 53.5 Å². The number of anilines is 1. The van der Waals surface area contributed by atoms with E-state index in [0.717, 1.165) is 6.07 Å². The van der Waals surface area contributed by atoms with Crippen molar-refractivity contribution in [1.29, 1.82) is 0 Å². The summed E-state index contributed by atoms with van der Waals surface area (Å²) >= 11 is 0. The summed E-state index contributed by atoms with van der Waals surface area (Å²) in [4.78, 5) is 47.7. The van der Waals surface area contributed by atoms with E-state index in [1.54, 1.807) is 0 Å². The molecule has 0 radical (unpaired) electrons. The highest BCUT2D eigenvalue weighted by Gasteiger charge is 2.64. The zero-order chi connectivity index (χ0) is 24.8. The minimum absolute atomic E-state index is 0.283. The number of fused-ring (bicyclic) bond motifs is 3. The van der Waals surface area contributed by atoms with E-state index in [9.17, 15) is 50.0 Å². The number of phenolic OH excluding ortho intramolecular Hbond substituents is 1. The number of phenols is 1. The van der Waals surface area contributed by atoms with Crippen molar-refractivity contribution in [3.8, 4) is 5.75 Å². The third kappa shape index (κ3) is 2.57. The maximum absolute atomic E-state index is 13.4. The van der Waals surface area contributed by atoms with Crippen LogP contribution in [0.25, 0.3) is 5.76 Å². The lowest BCUT2D eigenvalue weighted by molar-refractivity contribution is -0.385. The van der Waals surface area contributed by atoms with Gasteiger partial charge in [-0.1, -0.05) is 0 Å². The second kappa shape index (κ2) is 6.52. The smallest absolute Gasteiger partial charge is 0.313 e. The van der Waals surface area contributed by atoms with Gasteiger partial charge in [-0.2, -0.15) is 0 Å². The third-order valence-electron chi connectivity index (χ3n) is 6.79. The number of nitrogen functional groups attached to an aromatic ring is 1. The van der Waals surface area contributed by atoms with Crippen LogP contribution in [0.5, 0.6) is 5.75 Å². The molecule has 13 nitrogen and oxygen atoms in total. The highest BCUT2D eigenvalue weighted by Crippen LogP contribution is 2.58. The summed E-state index contributed by atoms with van der Waals surface area (Å²) in [7, 11) is 0. The number of nitro benzene ring substituents is 1. The Hall–Kier alpha value is -3.97. The lowest BCUT2D eigenvalue weighted by atomic mass is 9.55. The van der Waals surface area contributed by atoms with Crippen LogP contribution in [0.2, 0.25) is 0 Å². The van der Waals surface area contributed by atoms with E-state index < -0.39 is 91.5 Å². The number of nitrogens with two attached hydrogens (primary N) is 2. The number of ketones is 2. The van der Waals surface area contributed by atoms with Crippen LogP contribution in [0, 0.1) is 22.0 Å². The minimum atomic E-state index is -2.84. The number of carbonyl (C=O) groups is 3. The molecule has 0 aromatic heterocycles. The predicted molar refractivity (Wildman–Crippen MR) is 108 cm³/mol.